The molecule has 2 aromatic carbocycles. The molecule has 0 aliphatic carbocycles. The van der Waals surface area contributed by atoms with Crippen molar-refractivity contribution in [3.63, 3.8) is 0 Å². The number of nitrogens with one attached hydrogen (secondary N) is 2. The first-order valence-corrected chi connectivity index (χ1v) is 10.4. The fraction of sp³-hybridized carbons (Fsp3) is 0.333. The van der Waals surface area contributed by atoms with Crippen LogP contribution in [0.4, 0.5) is 4.79 Å². The molecule has 2 N–H and O–H groups in total. The number of hydrogen-bond donors (Lipinski definition) is 2. The molecule has 0 aromatic heterocycles. The van der Waals surface area contributed by atoms with Gasteiger partial charge in [0.2, 0.25) is 5.91 Å². The second kappa shape index (κ2) is 9.64. The van der Waals surface area contributed by atoms with Crippen LogP contribution in [0.2, 0.25) is 0 Å². The van der Waals surface area contributed by atoms with E-state index in [-0.39, 0.29) is 30.6 Å². The van der Waals surface area contributed by atoms with Crippen molar-refractivity contribution < 1.29 is 23.9 Å². The summed E-state index contributed by atoms with van der Waals surface area (Å²) < 4.78 is 5.16. The Bertz CT molecular complexity index is 979. The number of ether oxygens (including phenoxy) is 1. The Hall–Kier alpha value is -3.68. The summed E-state index contributed by atoms with van der Waals surface area (Å²) in [6, 6.07) is 14.7. The Morgan fingerprint density at radius 3 is 1.97 bits per heavy atom. The summed E-state index contributed by atoms with van der Waals surface area (Å²) in [7, 11) is 0. The van der Waals surface area contributed by atoms with E-state index in [0.717, 1.165) is 10.5 Å². The molecule has 0 bridgehead atoms. The van der Waals surface area contributed by atoms with E-state index in [2.05, 4.69) is 10.6 Å². The number of carbonyl (C=O) groups excluding carboxylic acids is 4. The lowest BCUT2D eigenvalue weighted by atomic mass is 10.0. The predicted molar refractivity (Wildman–Crippen MR) is 118 cm³/mol. The fourth-order valence-corrected chi connectivity index (χ4v) is 3.41. The van der Waals surface area contributed by atoms with Crippen molar-refractivity contribution in [3.05, 3.63) is 71.3 Å². The Balaban J connectivity index is 1.70. The lowest BCUT2D eigenvalue weighted by molar-refractivity contribution is -0.125. The zero-order valence-electron chi connectivity index (χ0n) is 18.4. The molecule has 0 spiro atoms. The molecule has 1 heterocycles. The maximum Gasteiger partial charge on any atom is 0.407 e. The SMILES string of the molecule is CC(C)(C)OC(=O)NCCNC(=O)C(Cc1ccccc1)N1C(=O)c2ccccc2C1=O. The van der Waals surface area contributed by atoms with Crippen molar-refractivity contribution in [2.45, 2.75) is 38.8 Å². The summed E-state index contributed by atoms with van der Waals surface area (Å²) in [6.07, 6.45) is -0.412. The van der Waals surface area contributed by atoms with Gasteiger partial charge in [0.05, 0.1) is 11.1 Å². The van der Waals surface area contributed by atoms with Gasteiger partial charge in [0.15, 0.2) is 0 Å². The van der Waals surface area contributed by atoms with E-state index in [1.165, 1.54) is 0 Å². The highest BCUT2D eigenvalue weighted by Gasteiger charge is 2.42. The predicted octanol–water partition coefficient (Wildman–Crippen LogP) is 2.53. The molecule has 0 saturated carbocycles. The van der Waals surface area contributed by atoms with Crippen molar-refractivity contribution >= 4 is 23.8 Å². The average molecular weight is 437 g/mol. The average Bonchev–Trinajstić information content (AvgIpc) is 2.99. The molecular weight excluding hydrogens is 410 g/mol. The summed E-state index contributed by atoms with van der Waals surface area (Å²) in [5.74, 6) is -1.46. The Morgan fingerprint density at radius 1 is 0.875 bits per heavy atom. The molecule has 8 heteroatoms. The molecule has 2 aromatic rings. The number of carbonyl (C=O) groups is 4. The van der Waals surface area contributed by atoms with Gasteiger partial charge in [-0.15, -0.1) is 0 Å². The van der Waals surface area contributed by atoms with E-state index in [1.54, 1.807) is 45.0 Å². The zero-order valence-corrected chi connectivity index (χ0v) is 18.4. The lowest BCUT2D eigenvalue weighted by Gasteiger charge is -2.25. The van der Waals surface area contributed by atoms with Gasteiger partial charge >= 0.3 is 6.09 Å². The van der Waals surface area contributed by atoms with Crippen LogP contribution in [0.3, 0.4) is 0 Å². The molecule has 1 unspecified atom stereocenters. The van der Waals surface area contributed by atoms with E-state index in [4.69, 9.17) is 4.74 Å². The molecule has 0 saturated heterocycles. The molecule has 1 atom stereocenters. The maximum absolute atomic E-state index is 13.0. The number of imide groups is 1. The summed E-state index contributed by atoms with van der Waals surface area (Å²) in [5, 5.41) is 5.27. The van der Waals surface area contributed by atoms with E-state index < -0.39 is 35.5 Å². The maximum atomic E-state index is 13.0. The van der Waals surface area contributed by atoms with Crippen molar-refractivity contribution in [2.24, 2.45) is 0 Å². The summed E-state index contributed by atoms with van der Waals surface area (Å²) in [4.78, 5) is 51.7. The molecule has 1 aliphatic rings. The number of fused-ring (bicyclic) bond motifs is 1. The van der Waals surface area contributed by atoms with Crippen molar-refractivity contribution in [1.82, 2.24) is 15.5 Å². The molecule has 8 nitrogen and oxygen atoms in total. The molecule has 0 radical (unpaired) electrons. The quantitative estimate of drug-likeness (QED) is 0.512. The molecular formula is C24H27N3O5. The van der Waals surface area contributed by atoms with Gasteiger partial charge in [-0.05, 0) is 38.5 Å². The van der Waals surface area contributed by atoms with Crippen molar-refractivity contribution in [3.8, 4) is 0 Å². The van der Waals surface area contributed by atoms with E-state index in [9.17, 15) is 19.2 Å². The van der Waals surface area contributed by atoms with Crippen LogP contribution < -0.4 is 10.6 Å². The standard InChI is InChI=1S/C24H27N3O5/c1-24(2,3)32-23(31)26-14-13-25-20(28)19(15-16-9-5-4-6-10-16)27-21(29)17-11-7-8-12-18(17)22(27)30/h4-12,19H,13-15H2,1-3H3,(H,25,28)(H,26,31). The van der Waals surface area contributed by atoms with Gasteiger partial charge in [0, 0.05) is 19.5 Å². The van der Waals surface area contributed by atoms with Gasteiger partial charge in [-0.25, -0.2) is 4.79 Å². The van der Waals surface area contributed by atoms with Crippen LogP contribution in [0.25, 0.3) is 0 Å². The zero-order chi connectivity index (χ0) is 23.3. The first-order chi connectivity index (χ1) is 15.2. The van der Waals surface area contributed by atoms with Gasteiger partial charge < -0.3 is 15.4 Å². The second-order valence-corrected chi connectivity index (χ2v) is 8.45. The van der Waals surface area contributed by atoms with Gasteiger partial charge in [0.25, 0.3) is 11.8 Å². The third-order valence-electron chi connectivity index (χ3n) is 4.80. The first kappa shape index (κ1) is 23.0. The highest BCUT2D eigenvalue weighted by atomic mass is 16.6. The number of benzene rings is 2. The smallest absolute Gasteiger partial charge is 0.407 e. The third kappa shape index (κ3) is 5.51. The number of alkyl carbamates (subject to hydrolysis) is 1. The minimum Gasteiger partial charge on any atom is -0.444 e. The highest BCUT2D eigenvalue weighted by Crippen LogP contribution is 2.26. The van der Waals surface area contributed by atoms with Crippen LogP contribution in [-0.4, -0.2) is 53.4 Å². The van der Waals surface area contributed by atoms with Gasteiger partial charge in [0.1, 0.15) is 11.6 Å². The first-order valence-electron chi connectivity index (χ1n) is 10.4. The van der Waals surface area contributed by atoms with Crippen molar-refractivity contribution in [2.75, 3.05) is 13.1 Å². The third-order valence-corrected chi connectivity index (χ3v) is 4.80. The monoisotopic (exact) mass is 437 g/mol. The van der Waals surface area contributed by atoms with Crippen LogP contribution in [-0.2, 0) is 16.0 Å². The van der Waals surface area contributed by atoms with Crippen LogP contribution in [0.5, 0.6) is 0 Å². The molecule has 1 aliphatic heterocycles. The minimum atomic E-state index is -1.02. The molecule has 32 heavy (non-hydrogen) atoms. The second-order valence-electron chi connectivity index (χ2n) is 8.45. The number of rotatable bonds is 7. The van der Waals surface area contributed by atoms with Crippen LogP contribution in [0.15, 0.2) is 54.6 Å². The molecule has 4 amide bonds. The Morgan fingerprint density at radius 2 is 1.41 bits per heavy atom. The van der Waals surface area contributed by atoms with E-state index in [1.807, 2.05) is 30.3 Å². The van der Waals surface area contributed by atoms with Gasteiger partial charge in [-0.3, -0.25) is 19.3 Å². The Kier molecular flexibility index (Phi) is 6.92. The van der Waals surface area contributed by atoms with Crippen molar-refractivity contribution in [1.29, 1.82) is 0 Å². The normalized spacial score (nSPS) is 14.0. The van der Waals surface area contributed by atoms with Gasteiger partial charge in [-0.2, -0.15) is 0 Å². The van der Waals surface area contributed by atoms with E-state index >= 15 is 0 Å². The largest absolute Gasteiger partial charge is 0.444 e. The molecule has 3 rings (SSSR count). The minimum absolute atomic E-state index is 0.118. The van der Waals surface area contributed by atoms with E-state index in [0.29, 0.717) is 0 Å². The van der Waals surface area contributed by atoms with Gasteiger partial charge in [-0.1, -0.05) is 42.5 Å². The highest BCUT2D eigenvalue weighted by molar-refractivity contribution is 6.22. The number of hydrogen-bond acceptors (Lipinski definition) is 5. The molecule has 0 fully saturated rings. The van der Waals surface area contributed by atoms with Crippen LogP contribution in [0, 0.1) is 0 Å². The molecule has 168 valence electrons. The van der Waals surface area contributed by atoms with Crippen LogP contribution in [0.1, 0.15) is 47.1 Å². The number of nitrogens with zero attached hydrogens (tertiary/aromatic N) is 1. The summed E-state index contributed by atoms with van der Waals surface area (Å²) in [6.45, 7) is 5.52. The topological polar surface area (TPSA) is 105 Å². The number of amides is 4. The lowest BCUT2D eigenvalue weighted by Crippen LogP contribution is -2.51. The summed E-state index contributed by atoms with van der Waals surface area (Å²) >= 11 is 0. The fourth-order valence-electron chi connectivity index (χ4n) is 3.41. The Labute approximate surface area is 186 Å². The van der Waals surface area contributed by atoms with Crippen LogP contribution >= 0.6 is 0 Å². The summed E-state index contributed by atoms with van der Waals surface area (Å²) in [5.41, 5.74) is 0.764.